The van der Waals surface area contributed by atoms with Crippen LogP contribution in [0, 0.1) is 0 Å². The van der Waals surface area contributed by atoms with Gasteiger partial charge in [-0.1, -0.05) is 12.1 Å². The summed E-state index contributed by atoms with van der Waals surface area (Å²) in [6.07, 6.45) is 0.949. The van der Waals surface area contributed by atoms with E-state index in [1.165, 1.54) is 0 Å². The molecule has 1 aromatic heterocycles. The third-order valence-corrected chi connectivity index (χ3v) is 2.56. The van der Waals surface area contributed by atoms with Crippen molar-refractivity contribution in [3.63, 3.8) is 0 Å². The smallest absolute Gasteiger partial charge is 0.150 e. The minimum Gasteiger partial charge on any atom is -0.360 e. The Balaban J connectivity index is 1.89. The van der Waals surface area contributed by atoms with Crippen LogP contribution in [0.1, 0.15) is 18.4 Å². The third-order valence-electron chi connectivity index (χ3n) is 2.56. The zero-order valence-electron chi connectivity index (χ0n) is 8.62. The van der Waals surface area contributed by atoms with Gasteiger partial charge in [-0.25, -0.2) is 0 Å². The SMILES string of the molecule is CCc1cc(CN2CCNCC2)on1. The molecule has 1 fully saturated rings. The molecule has 1 N–H and O–H groups in total. The molecule has 1 aliphatic heterocycles. The number of hydrogen-bond acceptors (Lipinski definition) is 4. The fourth-order valence-corrected chi connectivity index (χ4v) is 1.69. The summed E-state index contributed by atoms with van der Waals surface area (Å²) in [5.41, 5.74) is 1.05. The number of aryl methyl sites for hydroxylation is 1. The Labute approximate surface area is 84.3 Å². The van der Waals surface area contributed by atoms with Crippen molar-refractivity contribution in [2.24, 2.45) is 0 Å². The van der Waals surface area contributed by atoms with E-state index in [0.29, 0.717) is 0 Å². The van der Waals surface area contributed by atoms with Crippen molar-refractivity contribution in [2.45, 2.75) is 19.9 Å². The lowest BCUT2D eigenvalue weighted by Crippen LogP contribution is -2.42. The topological polar surface area (TPSA) is 41.3 Å². The molecule has 1 aromatic rings. The molecule has 0 aromatic carbocycles. The standard InChI is InChI=1S/C10H17N3O/c1-2-9-7-10(14-12-9)8-13-5-3-11-4-6-13/h7,11H,2-6,8H2,1H3. The minimum atomic E-state index is 0.898. The van der Waals surface area contributed by atoms with Crippen molar-refractivity contribution in [1.82, 2.24) is 15.4 Å². The van der Waals surface area contributed by atoms with Crippen molar-refractivity contribution in [3.05, 3.63) is 17.5 Å². The molecule has 0 aliphatic carbocycles. The number of nitrogens with one attached hydrogen (secondary N) is 1. The molecule has 1 saturated heterocycles. The van der Waals surface area contributed by atoms with Crippen LogP contribution < -0.4 is 5.32 Å². The first kappa shape index (κ1) is 9.68. The zero-order chi connectivity index (χ0) is 9.80. The van der Waals surface area contributed by atoms with Crippen LogP contribution in [0.15, 0.2) is 10.6 Å². The van der Waals surface area contributed by atoms with Gasteiger partial charge in [0.2, 0.25) is 0 Å². The summed E-state index contributed by atoms with van der Waals surface area (Å²) in [6.45, 7) is 7.34. The Bertz CT molecular complexity index is 279. The first-order chi connectivity index (χ1) is 6.88. The normalized spacial score (nSPS) is 18.6. The van der Waals surface area contributed by atoms with Crippen molar-refractivity contribution in [3.8, 4) is 0 Å². The molecule has 78 valence electrons. The summed E-state index contributed by atoms with van der Waals surface area (Å²) in [7, 11) is 0. The first-order valence-electron chi connectivity index (χ1n) is 5.26. The second-order valence-corrected chi connectivity index (χ2v) is 3.66. The highest BCUT2D eigenvalue weighted by Gasteiger charge is 2.12. The van der Waals surface area contributed by atoms with E-state index in [9.17, 15) is 0 Å². The number of nitrogens with zero attached hydrogens (tertiary/aromatic N) is 2. The van der Waals surface area contributed by atoms with Crippen molar-refractivity contribution in [2.75, 3.05) is 26.2 Å². The molecule has 1 aliphatic rings. The maximum Gasteiger partial charge on any atom is 0.150 e. The second-order valence-electron chi connectivity index (χ2n) is 3.66. The Hall–Kier alpha value is -0.870. The van der Waals surface area contributed by atoms with Gasteiger partial charge < -0.3 is 9.84 Å². The molecule has 2 rings (SSSR count). The minimum absolute atomic E-state index is 0.898. The van der Waals surface area contributed by atoms with Crippen LogP contribution in [0.2, 0.25) is 0 Å². The van der Waals surface area contributed by atoms with Crippen molar-refractivity contribution in [1.29, 1.82) is 0 Å². The summed E-state index contributed by atoms with van der Waals surface area (Å²) in [6, 6.07) is 2.06. The molecule has 4 heteroatoms. The molecule has 2 heterocycles. The van der Waals surface area contributed by atoms with Crippen LogP contribution >= 0.6 is 0 Å². The molecular weight excluding hydrogens is 178 g/mol. The molecule has 0 spiro atoms. The van der Waals surface area contributed by atoms with E-state index in [1.54, 1.807) is 0 Å². The van der Waals surface area contributed by atoms with Crippen molar-refractivity contribution >= 4 is 0 Å². The van der Waals surface area contributed by atoms with Crippen LogP contribution in [0.4, 0.5) is 0 Å². The quantitative estimate of drug-likeness (QED) is 0.768. The molecule has 0 bridgehead atoms. The molecule has 0 amide bonds. The number of aromatic nitrogens is 1. The average molecular weight is 195 g/mol. The van der Waals surface area contributed by atoms with Crippen LogP contribution in [-0.4, -0.2) is 36.2 Å². The molecular formula is C10H17N3O. The van der Waals surface area contributed by atoms with E-state index in [-0.39, 0.29) is 0 Å². The Morgan fingerprint density at radius 1 is 1.50 bits per heavy atom. The number of hydrogen-bond donors (Lipinski definition) is 1. The molecule has 0 unspecified atom stereocenters. The van der Waals surface area contributed by atoms with Crippen LogP contribution in [-0.2, 0) is 13.0 Å². The fourth-order valence-electron chi connectivity index (χ4n) is 1.69. The molecule has 14 heavy (non-hydrogen) atoms. The lowest BCUT2D eigenvalue weighted by Gasteiger charge is -2.25. The Kier molecular flexibility index (Phi) is 3.16. The van der Waals surface area contributed by atoms with E-state index in [4.69, 9.17) is 4.52 Å². The van der Waals surface area contributed by atoms with Crippen molar-refractivity contribution < 1.29 is 4.52 Å². The summed E-state index contributed by atoms with van der Waals surface area (Å²) in [5, 5.41) is 7.31. The van der Waals surface area contributed by atoms with Gasteiger partial charge in [0.15, 0.2) is 5.76 Å². The monoisotopic (exact) mass is 195 g/mol. The maximum absolute atomic E-state index is 5.25. The molecule has 4 nitrogen and oxygen atoms in total. The van der Waals surface area contributed by atoms with E-state index < -0.39 is 0 Å². The van der Waals surface area contributed by atoms with Gasteiger partial charge in [0.05, 0.1) is 12.2 Å². The van der Waals surface area contributed by atoms with Crippen LogP contribution in [0.3, 0.4) is 0 Å². The van der Waals surface area contributed by atoms with Gasteiger partial charge in [0.1, 0.15) is 0 Å². The van der Waals surface area contributed by atoms with Gasteiger partial charge in [0, 0.05) is 32.2 Å². The van der Waals surface area contributed by atoms with E-state index >= 15 is 0 Å². The average Bonchev–Trinajstić information content (AvgIpc) is 2.67. The van der Waals surface area contributed by atoms with Gasteiger partial charge in [-0.2, -0.15) is 0 Å². The lowest BCUT2D eigenvalue weighted by atomic mass is 10.3. The van der Waals surface area contributed by atoms with E-state index in [1.807, 2.05) is 0 Å². The lowest BCUT2D eigenvalue weighted by molar-refractivity contribution is 0.207. The number of rotatable bonds is 3. The Morgan fingerprint density at radius 3 is 2.93 bits per heavy atom. The van der Waals surface area contributed by atoms with Gasteiger partial charge in [0.25, 0.3) is 0 Å². The zero-order valence-corrected chi connectivity index (χ0v) is 8.62. The predicted molar refractivity (Wildman–Crippen MR) is 54.0 cm³/mol. The highest BCUT2D eigenvalue weighted by molar-refractivity contribution is 5.05. The van der Waals surface area contributed by atoms with Crippen LogP contribution in [0.25, 0.3) is 0 Å². The van der Waals surface area contributed by atoms with Gasteiger partial charge >= 0.3 is 0 Å². The summed E-state index contributed by atoms with van der Waals surface area (Å²) >= 11 is 0. The predicted octanol–water partition coefficient (Wildman–Crippen LogP) is 0.642. The molecule has 0 atom stereocenters. The fraction of sp³-hybridized carbons (Fsp3) is 0.700. The molecule has 0 saturated carbocycles. The summed E-state index contributed by atoms with van der Waals surface area (Å²) < 4.78 is 5.25. The number of piperazine rings is 1. The van der Waals surface area contributed by atoms with Gasteiger partial charge in [-0.05, 0) is 6.42 Å². The third kappa shape index (κ3) is 2.33. The van der Waals surface area contributed by atoms with E-state index in [2.05, 4.69) is 28.4 Å². The Morgan fingerprint density at radius 2 is 2.29 bits per heavy atom. The second kappa shape index (κ2) is 4.57. The highest BCUT2D eigenvalue weighted by Crippen LogP contribution is 2.08. The highest BCUT2D eigenvalue weighted by atomic mass is 16.5. The largest absolute Gasteiger partial charge is 0.360 e. The van der Waals surface area contributed by atoms with Gasteiger partial charge in [-0.3, -0.25) is 4.90 Å². The molecule has 0 radical (unpaired) electrons. The van der Waals surface area contributed by atoms with Gasteiger partial charge in [-0.15, -0.1) is 0 Å². The summed E-state index contributed by atoms with van der Waals surface area (Å²) in [5.74, 6) is 0.990. The van der Waals surface area contributed by atoms with E-state index in [0.717, 1.165) is 50.6 Å². The summed E-state index contributed by atoms with van der Waals surface area (Å²) in [4.78, 5) is 2.39. The maximum atomic E-state index is 5.25. The van der Waals surface area contributed by atoms with Crippen LogP contribution in [0.5, 0.6) is 0 Å². The first-order valence-corrected chi connectivity index (χ1v) is 5.26.